The van der Waals surface area contributed by atoms with Gasteiger partial charge in [-0.05, 0) is 18.6 Å². The van der Waals surface area contributed by atoms with E-state index < -0.39 is 0 Å². The summed E-state index contributed by atoms with van der Waals surface area (Å²) in [5, 5.41) is 3.26. The van der Waals surface area contributed by atoms with Crippen molar-refractivity contribution < 1.29 is 0 Å². The maximum Gasteiger partial charge on any atom is 0.224 e. The Morgan fingerprint density at radius 1 is 1.64 bits per heavy atom. The van der Waals surface area contributed by atoms with E-state index in [1.54, 1.807) is 0 Å². The molecule has 0 bridgehead atoms. The number of nitrogens with one attached hydrogen (secondary N) is 1. The van der Waals surface area contributed by atoms with E-state index in [-0.39, 0.29) is 5.28 Å². The zero-order chi connectivity index (χ0) is 10.6. The molecule has 0 amide bonds. The Morgan fingerprint density at radius 3 is 3.00 bits per heavy atom. The van der Waals surface area contributed by atoms with Gasteiger partial charge in [-0.3, -0.25) is 0 Å². The predicted octanol–water partition coefficient (Wildman–Crippen LogP) is 0.368. The molecule has 5 nitrogen and oxygen atoms in total. The minimum Gasteiger partial charge on any atom is -0.394 e. The lowest BCUT2D eigenvalue weighted by Gasteiger charge is -2.19. The molecular formula is C8H14ClN5. The summed E-state index contributed by atoms with van der Waals surface area (Å²) in [7, 11) is 3.80. The molecule has 0 spiro atoms. The molecule has 3 N–H and O–H groups in total. The fraction of sp³-hybridized carbons (Fsp3) is 0.500. The zero-order valence-corrected chi connectivity index (χ0v) is 9.04. The van der Waals surface area contributed by atoms with Crippen LogP contribution in [-0.4, -0.2) is 37.2 Å². The summed E-state index contributed by atoms with van der Waals surface area (Å²) >= 11 is 5.67. The van der Waals surface area contributed by atoms with Gasteiger partial charge in [0, 0.05) is 20.1 Å². The first-order valence-electron chi connectivity index (χ1n) is 4.29. The molecule has 0 aliphatic rings. The van der Waals surface area contributed by atoms with Crippen LogP contribution in [0, 0.1) is 0 Å². The normalized spacial score (nSPS) is 10.2. The van der Waals surface area contributed by atoms with E-state index in [0.717, 1.165) is 13.1 Å². The van der Waals surface area contributed by atoms with Crippen molar-refractivity contribution in [2.75, 3.05) is 37.8 Å². The highest BCUT2D eigenvalue weighted by molar-refractivity contribution is 6.28. The van der Waals surface area contributed by atoms with E-state index in [4.69, 9.17) is 17.3 Å². The van der Waals surface area contributed by atoms with Crippen molar-refractivity contribution in [1.82, 2.24) is 15.3 Å². The van der Waals surface area contributed by atoms with Gasteiger partial charge in [-0.15, -0.1) is 0 Å². The van der Waals surface area contributed by atoms with E-state index in [0.29, 0.717) is 11.5 Å². The molecule has 0 saturated heterocycles. The second kappa shape index (κ2) is 4.97. The van der Waals surface area contributed by atoms with Crippen LogP contribution in [0.25, 0.3) is 0 Å². The Hall–Kier alpha value is -1.07. The van der Waals surface area contributed by atoms with Crippen molar-refractivity contribution in [2.24, 2.45) is 0 Å². The van der Waals surface area contributed by atoms with Crippen LogP contribution in [0.4, 0.5) is 11.5 Å². The van der Waals surface area contributed by atoms with Crippen molar-refractivity contribution in [3.05, 3.63) is 11.5 Å². The molecule has 0 unspecified atom stereocenters. The molecule has 1 heterocycles. The minimum atomic E-state index is 0.213. The van der Waals surface area contributed by atoms with Gasteiger partial charge in [0.25, 0.3) is 0 Å². The first kappa shape index (κ1) is 11.0. The molecular weight excluding hydrogens is 202 g/mol. The third-order valence-corrected chi connectivity index (χ3v) is 2.01. The number of hydrogen-bond acceptors (Lipinski definition) is 5. The largest absolute Gasteiger partial charge is 0.394 e. The first-order valence-corrected chi connectivity index (χ1v) is 4.66. The van der Waals surface area contributed by atoms with Crippen molar-refractivity contribution in [1.29, 1.82) is 0 Å². The molecule has 0 aromatic carbocycles. The predicted molar refractivity (Wildman–Crippen MR) is 58.7 cm³/mol. The number of hydrogen-bond donors (Lipinski definition) is 2. The maximum atomic E-state index is 5.72. The molecule has 1 aromatic heterocycles. The zero-order valence-electron chi connectivity index (χ0n) is 8.29. The molecule has 1 aromatic rings. The van der Waals surface area contributed by atoms with E-state index in [1.807, 2.05) is 19.0 Å². The first-order chi connectivity index (χ1) is 6.65. The second-order valence-electron chi connectivity index (χ2n) is 2.94. The highest BCUT2D eigenvalue weighted by Crippen LogP contribution is 2.18. The van der Waals surface area contributed by atoms with Gasteiger partial charge in [-0.1, -0.05) is 0 Å². The highest BCUT2D eigenvalue weighted by Gasteiger charge is 2.07. The average molecular weight is 216 g/mol. The summed E-state index contributed by atoms with van der Waals surface area (Å²) in [6, 6.07) is 0. The molecule has 0 aliphatic heterocycles. The third kappa shape index (κ3) is 2.71. The summed E-state index contributed by atoms with van der Waals surface area (Å²) in [5.74, 6) is 0.667. The summed E-state index contributed by atoms with van der Waals surface area (Å²) in [6.07, 6.45) is 1.51. The van der Waals surface area contributed by atoms with Crippen LogP contribution in [0.1, 0.15) is 0 Å². The average Bonchev–Trinajstić information content (AvgIpc) is 2.18. The van der Waals surface area contributed by atoms with Gasteiger partial charge < -0.3 is 16.0 Å². The number of nitrogens with two attached hydrogens (primary N) is 1. The molecule has 0 fully saturated rings. The van der Waals surface area contributed by atoms with E-state index >= 15 is 0 Å². The van der Waals surface area contributed by atoms with Crippen LogP contribution in [0.2, 0.25) is 5.28 Å². The van der Waals surface area contributed by atoms with Crippen molar-refractivity contribution in [3.8, 4) is 0 Å². The van der Waals surface area contributed by atoms with E-state index in [2.05, 4.69) is 15.3 Å². The molecule has 1 rings (SSSR count). The lowest BCUT2D eigenvalue weighted by molar-refractivity contribution is 0.761. The van der Waals surface area contributed by atoms with Crippen molar-refractivity contribution in [2.45, 2.75) is 0 Å². The third-order valence-electron chi connectivity index (χ3n) is 1.83. The van der Waals surface area contributed by atoms with Crippen LogP contribution in [0.3, 0.4) is 0 Å². The van der Waals surface area contributed by atoms with Gasteiger partial charge >= 0.3 is 0 Å². The number of likely N-dealkylation sites (N-methyl/N-ethyl adjacent to an activating group) is 2. The molecule has 78 valence electrons. The van der Waals surface area contributed by atoms with Gasteiger partial charge in [-0.2, -0.15) is 4.98 Å². The molecule has 0 saturated carbocycles. The van der Waals surface area contributed by atoms with Crippen LogP contribution in [0.5, 0.6) is 0 Å². The smallest absolute Gasteiger partial charge is 0.224 e. The van der Waals surface area contributed by atoms with E-state index in [1.165, 1.54) is 6.20 Å². The van der Waals surface area contributed by atoms with Gasteiger partial charge in [0.15, 0.2) is 5.82 Å². The van der Waals surface area contributed by atoms with Crippen LogP contribution >= 0.6 is 11.6 Å². The lowest BCUT2D eigenvalue weighted by atomic mass is 10.4. The maximum absolute atomic E-state index is 5.72. The number of anilines is 2. The van der Waals surface area contributed by atoms with Crippen LogP contribution < -0.4 is 16.0 Å². The van der Waals surface area contributed by atoms with E-state index in [9.17, 15) is 0 Å². The number of halogens is 1. The summed E-state index contributed by atoms with van der Waals surface area (Å²) in [5.41, 5.74) is 6.25. The standard InChI is InChI=1S/C8H14ClN5/c1-11-3-4-14(2)7-6(10)5-12-8(9)13-7/h5,11H,3-4,10H2,1-2H3. The van der Waals surface area contributed by atoms with Gasteiger partial charge in [-0.25, -0.2) is 4.98 Å². The molecule has 14 heavy (non-hydrogen) atoms. The SMILES string of the molecule is CNCCN(C)c1nc(Cl)ncc1N. The Morgan fingerprint density at radius 2 is 2.36 bits per heavy atom. The van der Waals surface area contributed by atoms with Crippen LogP contribution in [-0.2, 0) is 0 Å². The summed E-state index contributed by atoms with van der Waals surface area (Å²) in [4.78, 5) is 9.77. The molecule has 0 radical (unpaired) electrons. The fourth-order valence-electron chi connectivity index (χ4n) is 1.05. The van der Waals surface area contributed by atoms with Gasteiger partial charge in [0.1, 0.15) is 0 Å². The number of aromatic nitrogens is 2. The fourth-order valence-corrected chi connectivity index (χ4v) is 1.18. The summed E-state index contributed by atoms with van der Waals surface area (Å²) in [6.45, 7) is 1.67. The van der Waals surface area contributed by atoms with Gasteiger partial charge in [0.05, 0.1) is 11.9 Å². The Balaban J connectivity index is 2.77. The number of nitrogen functional groups attached to an aromatic ring is 1. The van der Waals surface area contributed by atoms with Crippen molar-refractivity contribution >= 4 is 23.1 Å². The Bertz CT molecular complexity index is 304. The lowest BCUT2D eigenvalue weighted by Crippen LogP contribution is -2.28. The second-order valence-corrected chi connectivity index (χ2v) is 3.28. The number of rotatable bonds is 4. The van der Waals surface area contributed by atoms with Crippen molar-refractivity contribution in [3.63, 3.8) is 0 Å². The Labute approximate surface area is 88.3 Å². The number of nitrogens with zero attached hydrogens (tertiary/aromatic N) is 3. The Kier molecular flexibility index (Phi) is 3.91. The minimum absolute atomic E-state index is 0.213. The topological polar surface area (TPSA) is 67.1 Å². The molecule has 6 heteroatoms. The monoisotopic (exact) mass is 215 g/mol. The quantitative estimate of drug-likeness (QED) is 0.711. The van der Waals surface area contributed by atoms with Crippen LogP contribution in [0.15, 0.2) is 6.20 Å². The summed E-state index contributed by atoms with van der Waals surface area (Å²) < 4.78 is 0. The highest BCUT2D eigenvalue weighted by atomic mass is 35.5. The van der Waals surface area contributed by atoms with Gasteiger partial charge in [0.2, 0.25) is 5.28 Å². The molecule has 0 atom stereocenters. The molecule has 0 aliphatic carbocycles.